The summed E-state index contributed by atoms with van der Waals surface area (Å²) in [4.78, 5) is 11.2. The van der Waals surface area contributed by atoms with E-state index in [9.17, 15) is 4.39 Å². The van der Waals surface area contributed by atoms with Crippen LogP contribution in [0.1, 0.15) is 26.7 Å². The van der Waals surface area contributed by atoms with E-state index in [1.165, 1.54) is 18.9 Å². The molecule has 1 aromatic heterocycles. The second-order valence-corrected chi connectivity index (χ2v) is 6.93. The highest BCUT2D eigenvalue weighted by Crippen LogP contribution is 2.35. The van der Waals surface area contributed by atoms with Crippen molar-refractivity contribution in [2.75, 3.05) is 27.4 Å². The lowest BCUT2D eigenvalue weighted by molar-refractivity contribution is 0.612. The zero-order chi connectivity index (χ0) is 17.4. The number of nitrogens with one attached hydrogen (secondary N) is 3. The van der Waals surface area contributed by atoms with E-state index in [1.807, 2.05) is 6.07 Å². The van der Waals surface area contributed by atoms with Crippen LogP contribution >= 0.6 is 0 Å². The lowest BCUT2D eigenvalue weighted by atomic mass is 10.3. The zero-order valence-electron chi connectivity index (χ0n) is 14.5. The molecule has 132 valence electrons. The topological polar surface area (TPSA) is 65.1 Å². The van der Waals surface area contributed by atoms with E-state index in [4.69, 9.17) is 0 Å². The van der Waals surface area contributed by atoms with Gasteiger partial charge in [0.2, 0.25) is 5.95 Å². The minimum Gasteiger partial charge on any atom is -0.354 e. The first-order valence-electron chi connectivity index (χ1n) is 8.78. The Labute approximate surface area is 146 Å². The Bertz CT molecular complexity index is 761. The van der Waals surface area contributed by atoms with Crippen molar-refractivity contribution >= 4 is 23.1 Å². The molecule has 0 spiro atoms. The second kappa shape index (κ2) is 6.38. The molecule has 25 heavy (non-hydrogen) atoms. The molecule has 1 fully saturated rings. The van der Waals surface area contributed by atoms with Crippen molar-refractivity contribution in [1.29, 1.82) is 0 Å². The van der Waals surface area contributed by atoms with Gasteiger partial charge in [0.05, 0.1) is 17.6 Å². The van der Waals surface area contributed by atoms with Crippen LogP contribution in [-0.2, 0) is 0 Å². The highest BCUT2D eigenvalue weighted by Gasteiger charge is 2.33. The van der Waals surface area contributed by atoms with Gasteiger partial charge in [0, 0.05) is 12.6 Å². The van der Waals surface area contributed by atoms with Gasteiger partial charge in [-0.3, -0.25) is 0 Å². The standard InChI is InChI=1S/C18H23FN6/c1-11(2)25-16-15(10-21-17(24-16)20-9-12-7-8-12)23-18(25)22-14-6-4-3-5-13(14)19/h3-6,10-12,18,22-23H,7-9H2,1-2H3,(H,20,21,24). The highest BCUT2D eigenvalue weighted by atomic mass is 19.1. The number of para-hydroxylation sites is 1. The molecule has 0 amide bonds. The van der Waals surface area contributed by atoms with Crippen molar-refractivity contribution in [1.82, 2.24) is 9.97 Å². The second-order valence-electron chi connectivity index (χ2n) is 6.93. The van der Waals surface area contributed by atoms with Gasteiger partial charge in [-0.2, -0.15) is 4.98 Å². The predicted molar refractivity (Wildman–Crippen MR) is 98.3 cm³/mol. The number of hydrogen-bond donors (Lipinski definition) is 3. The molecular weight excluding hydrogens is 319 g/mol. The Balaban J connectivity index is 1.56. The minimum absolute atomic E-state index is 0.184. The minimum atomic E-state index is -0.278. The van der Waals surface area contributed by atoms with E-state index >= 15 is 0 Å². The van der Waals surface area contributed by atoms with E-state index in [0.717, 1.165) is 24.0 Å². The van der Waals surface area contributed by atoms with Crippen LogP contribution in [0.25, 0.3) is 0 Å². The zero-order valence-corrected chi connectivity index (χ0v) is 14.5. The third kappa shape index (κ3) is 3.31. The van der Waals surface area contributed by atoms with E-state index in [-0.39, 0.29) is 18.1 Å². The highest BCUT2D eigenvalue weighted by molar-refractivity contribution is 5.74. The van der Waals surface area contributed by atoms with Gasteiger partial charge in [-0.15, -0.1) is 0 Å². The van der Waals surface area contributed by atoms with Gasteiger partial charge in [-0.25, -0.2) is 9.37 Å². The SMILES string of the molecule is CC(C)N1c2nc(NCC3CC3)ncc2NC1Nc1ccccc1F. The van der Waals surface area contributed by atoms with Gasteiger partial charge in [-0.05, 0) is 44.7 Å². The van der Waals surface area contributed by atoms with Gasteiger partial charge in [0.1, 0.15) is 5.82 Å². The van der Waals surface area contributed by atoms with Crippen LogP contribution < -0.4 is 20.9 Å². The summed E-state index contributed by atoms with van der Waals surface area (Å²) in [6, 6.07) is 6.86. The van der Waals surface area contributed by atoms with E-state index < -0.39 is 0 Å². The summed E-state index contributed by atoms with van der Waals surface area (Å²) < 4.78 is 14.0. The van der Waals surface area contributed by atoms with Crippen molar-refractivity contribution in [2.24, 2.45) is 5.92 Å². The van der Waals surface area contributed by atoms with Crippen LogP contribution in [0.2, 0.25) is 0 Å². The van der Waals surface area contributed by atoms with Crippen molar-refractivity contribution in [2.45, 2.75) is 39.0 Å². The number of rotatable bonds is 6. The Morgan fingerprint density at radius 2 is 2.12 bits per heavy atom. The lowest BCUT2D eigenvalue weighted by Gasteiger charge is -2.30. The lowest BCUT2D eigenvalue weighted by Crippen LogP contribution is -2.46. The van der Waals surface area contributed by atoms with Crippen molar-refractivity contribution < 1.29 is 4.39 Å². The number of aromatic nitrogens is 2. The Morgan fingerprint density at radius 1 is 1.32 bits per heavy atom. The quantitative estimate of drug-likeness (QED) is 0.747. The molecule has 2 aromatic rings. The predicted octanol–water partition coefficient (Wildman–Crippen LogP) is 3.47. The molecule has 1 aliphatic heterocycles. The third-order valence-electron chi connectivity index (χ3n) is 4.55. The largest absolute Gasteiger partial charge is 0.354 e. The summed E-state index contributed by atoms with van der Waals surface area (Å²) in [5.41, 5.74) is 1.30. The Kier molecular flexibility index (Phi) is 4.07. The normalized spacial score (nSPS) is 18.9. The smallest absolute Gasteiger partial charge is 0.224 e. The molecule has 0 radical (unpaired) electrons. The summed E-state index contributed by atoms with van der Waals surface area (Å²) in [5.74, 6) is 1.95. The molecule has 1 aliphatic carbocycles. The maximum absolute atomic E-state index is 14.0. The first-order valence-corrected chi connectivity index (χ1v) is 8.78. The third-order valence-corrected chi connectivity index (χ3v) is 4.55. The molecule has 4 rings (SSSR count). The number of anilines is 4. The van der Waals surface area contributed by atoms with Gasteiger partial charge in [-0.1, -0.05) is 12.1 Å². The summed E-state index contributed by atoms with van der Waals surface area (Å²) in [6.07, 6.45) is 4.08. The van der Waals surface area contributed by atoms with Crippen molar-refractivity contribution in [3.05, 3.63) is 36.3 Å². The number of nitrogens with zero attached hydrogens (tertiary/aromatic N) is 3. The van der Waals surface area contributed by atoms with E-state index in [1.54, 1.807) is 18.3 Å². The fourth-order valence-corrected chi connectivity index (χ4v) is 3.03. The van der Waals surface area contributed by atoms with Gasteiger partial charge in [0.15, 0.2) is 12.1 Å². The summed E-state index contributed by atoms with van der Waals surface area (Å²) >= 11 is 0. The molecule has 1 aromatic carbocycles. The molecule has 1 atom stereocenters. The maximum Gasteiger partial charge on any atom is 0.224 e. The van der Waals surface area contributed by atoms with Crippen LogP contribution in [0.3, 0.4) is 0 Å². The van der Waals surface area contributed by atoms with E-state index in [0.29, 0.717) is 11.6 Å². The first kappa shape index (κ1) is 15.9. The van der Waals surface area contributed by atoms with Crippen molar-refractivity contribution in [3.63, 3.8) is 0 Å². The Hall–Kier alpha value is -2.57. The van der Waals surface area contributed by atoms with Crippen LogP contribution in [-0.4, -0.2) is 28.8 Å². The monoisotopic (exact) mass is 342 g/mol. The first-order chi connectivity index (χ1) is 12.1. The van der Waals surface area contributed by atoms with Crippen LogP contribution in [0.4, 0.5) is 27.5 Å². The maximum atomic E-state index is 14.0. The molecular formula is C18H23FN6. The molecule has 3 N–H and O–H groups in total. The summed E-state index contributed by atoms with van der Waals surface area (Å²) in [5, 5.41) is 9.87. The number of benzene rings is 1. The summed E-state index contributed by atoms with van der Waals surface area (Å²) in [7, 11) is 0. The van der Waals surface area contributed by atoms with E-state index in [2.05, 4.69) is 44.7 Å². The van der Waals surface area contributed by atoms with Crippen molar-refractivity contribution in [3.8, 4) is 0 Å². The molecule has 1 saturated carbocycles. The average Bonchev–Trinajstić information content (AvgIpc) is 3.34. The van der Waals surface area contributed by atoms with Gasteiger partial charge < -0.3 is 20.9 Å². The molecule has 0 bridgehead atoms. The number of halogens is 1. The van der Waals surface area contributed by atoms with Crippen LogP contribution in [0.5, 0.6) is 0 Å². The fraction of sp³-hybridized carbons (Fsp3) is 0.444. The molecule has 2 heterocycles. The fourth-order valence-electron chi connectivity index (χ4n) is 3.03. The molecule has 7 heteroatoms. The number of hydrogen-bond acceptors (Lipinski definition) is 6. The number of fused-ring (bicyclic) bond motifs is 1. The molecule has 2 aliphatic rings. The summed E-state index contributed by atoms with van der Waals surface area (Å²) in [6.45, 7) is 5.10. The van der Waals surface area contributed by atoms with Crippen LogP contribution in [0.15, 0.2) is 30.5 Å². The molecule has 1 unspecified atom stereocenters. The Morgan fingerprint density at radius 3 is 2.84 bits per heavy atom. The van der Waals surface area contributed by atoms with Crippen LogP contribution in [0, 0.1) is 11.7 Å². The molecule has 0 saturated heterocycles. The average molecular weight is 342 g/mol. The van der Waals surface area contributed by atoms with Gasteiger partial charge in [0.25, 0.3) is 0 Å². The van der Waals surface area contributed by atoms with Gasteiger partial charge >= 0.3 is 0 Å². The molecule has 6 nitrogen and oxygen atoms in total.